The molecule has 1 heterocycles. The van der Waals surface area contributed by atoms with Crippen molar-refractivity contribution in [2.45, 2.75) is 63.8 Å². The lowest BCUT2D eigenvalue weighted by molar-refractivity contribution is -0.133. The molecule has 1 amide bonds. The van der Waals surface area contributed by atoms with Crippen LogP contribution in [0.5, 0.6) is 0 Å². The number of nitrogens with zero attached hydrogens (tertiary/aromatic N) is 1. The Morgan fingerprint density at radius 2 is 2.04 bits per heavy atom. The second-order valence-electron chi connectivity index (χ2n) is 7.49. The van der Waals surface area contributed by atoms with Gasteiger partial charge in [0.15, 0.2) is 9.84 Å². The fourth-order valence-corrected chi connectivity index (χ4v) is 5.99. The number of unbranched alkanes of at least 4 members (excludes halogenated alkanes) is 1. The van der Waals surface area contributed by atoms with Gasteiger partial charge in [-0.1, -0.05) is 37.6 Å². The Bertz CT molecular complexity index is 713. The molecule has 1 aromatic carbocycles. The van der Waals surface area contributed by atoms with Crippen LogP contribution in [-0.2, 0) is 21.1 Å². The molecule has 5 heteroatoms. The summed E-state index contributed by atoms with van der Waals surface area (Å²) in [6, 6.07) is 8.33. The molecule has 2 unspecified atom stereocenters. The Kier molecular flexibility index (Phi) is 5.82. The number of aryl methyl sites for hydroxylation is 1. The maximum atomic E-state index is 13.1. The van der Waals surface area contributed by atoms with Crippen molar-refractivity contribution in [3.8, 4) is 0 Å². The molecule has 0 bridgehead atoms. The minimum atomic E-state index is -2.97. The highest BCUT2D eigenvalue weighted by atomic mass is 32.2. The van der Waals surface area contributed by atoms with Gasteiger partial charge in [-0.05, 0) is 49.1 Å². The smallest absolute Gasteiger partial charge is 0.223 e. The van der Waals surface area contributed by atoms with E-state index < -0.39 is 9.84 Å². The number of sulfone groups is 1. The van der Waals surface area contributed by atoms with E-state index in [-0.39, 0.29) is 29.4 Å². The number of carbonyl (C=O) groups is 1. The van der Waals surface area contributed by atoms with E-state index in [1.54, 1.807) is 0 Å². The minimum Gasteiger partial charge on any atom is -0.339 e. The van der Waals surface area contributed by atoms with Gasteiger partial charge in [0.1, 0.15) is 0 Å². The zero-order valence-corrected chi connectivity index (χ0v) is 15.9. The van der Waals surface area contributed by atoms with Gasteiger partial charge in [-0.3, -0.25) is 4.79 Å². The van der Waals surface area contributed by atoms with E-state index in [1.165, 1.54) is 11.1 Å². The third kappa shape index (κ3) is 4.43. The average Bonchev–Trinajstić information content (AvgIpc) is 2.95. The first-order valence-corrected chi connectivity index (χ1v) is 11.4. The van der Waals surface area contributed by atoms with Crippen molar-refractivity contribution >= 4 is 15.7 Å². The summed E-state index contributed by atoms with van der Waals surface area (Å²) >= 11 is 0. The number of hydrogen-bond donors (Lipinski definition) is 0. The molecule has 2 aliphatic rings. The second-order valence-corrected chi connectivity index (χ2v) is 9.72. The summed E-state index contributed by atoms with van der Waals surface area (Å²) in [4.78, 5) is 14.9. The second kappa shape index (κ2) is 7.90. The molecule has 0 radical (unpaired) electrons. The van der Waals surface area contributed by atoms with Gasteiger partial charge >= 0.3 is 0 Å². The molecular formula is C20H29NO3S. The van der Waals surface area contributed by atoms with E-state index >= 15 is 0 Å². The predicted octanol–water partition coefficient (Wildman–Crippen LogP) is 3.31. The summed E-state index contributed by atoms with van der Waals surface area (Å²) in [5, 5.41) is 0. The zero-order chi connectivity index (χ0) is 17.9. The van der Waals surface area contributed by atoms with Gasteiger partial charge in [-0.2, -0.15) is 0 Å². The fraction of sp³-hybridized carbons (Fsp3) is 0.650. The highest BCUT2D eigenvalue weighted by Crippen LogP contribution is 2.34. The van der Waals surface area contributed by atoms with E-state index in [2.05, 4.69) is 31.2 Å². The summed E-state index contributed by atoms with van der Waals surface area (Å²) in [5.41, 5.74) is 2.69. The Labute approximate surface area is 151 Å². The number of fused-ring (bicyclic) bond motifs is 1. The van der Waals surface area contributed by atoms with Gasteiger partial charge in [0.05, 0.1) is 11.5 Å². The van der Waals surface area contributed by atoms with Gasteiger partial charge in [0, 0.05) is 19.0 Å². The summed E-state index contributed by atoms with van der Waals surface area (Å²) in [6.07, 6.45) is 6.33. The largest absolute Gasteiger partial charge is 0.339 e. The van der Waals surface area contributed by atoms with E-state index in [9.17, 15) is 13.2 Å². The molecule has 0 N–H and O–H groups in total. The maximum absolute atomic E-state index is 13.1. The van der Waals surface area contributed by atoms with Crippen LogP contribution in [0.4, 0.5) is 0 Å². The van der Waals surface area contributed by atoms with E-state index in [1.807, 2.05) is 4.90 Å². The van der Waals surface area contributed by atoms with Gasteiger partial charge in [-0.15, -0.1) is 0 Å². The van der Waals surface area contributed by atoms with Crippen molar-refractivity contribution < 1.29 is 13.2 Å². The van der Waals surface area contributed by atoms with Crippen LogP contribution in [0.3, 0.4) is 0 Å². The van der Waals surface area contributed by atoms with Crippen molar-refractivity contribution in [2.75, 3.05) is 18.1 Å². The van der Waals surface area contributed by atoms with Crippen LogP contribution >= 0.6 is 0 Å². The molecule has 1 saturated heterocycles. The molecule has 1 aliphatic heterocycles. The lowest BCUT2D eigenvalue weighted by Crippen LogP contribution is -2.42. The van der Waals surface area contributed by atoms with Crippen LogP contribution in [-0.4, -0.2) is 43.3 Å². The molecule has 1 aliphatic carbocycles. The third-order valence-corrected chi connectivity index (χ3v) is 7.39. The Morgan fingerprint density at radius 3 is 2.76 bits per heavy atom. The lowest BCUT2D eigenvalue weighted by Gasteiger charge is -2.31. The molecule has 0 spiro atoms. The first kappa shape index (κ1) is 18.4. The summed E-state index contributed by atoms with van der Waals surface area (Å²) in [5.74, 6) is 0.778. The highest BCUT2D eigenvalue weighted by molar-refractivity contribution is 7.91. The fourth-order valence-electron chi connectivity index (χ4n) is 4.26. The Hall–Kier alpha value is -1.36. The number of carbonyl (C=O) groups excluding carboxylic acids is 1. The molecule has 1 aromatic rings. The van der Waals surface area contributed by atoms with E-state index in [4.69, 9.17) is 0 Å². The number of hydrogen-bond acceptors (Lipinski definition) is 3. The molecule has 2 atom stereocenters. The summed E-state index contributed by atoms with van der Waals surface area (Å²) in [6.45, 7) is 2.79. The quantitative estimate of drug-likeness (QED) is 0.779. The topological polar surface area (TPSA) is 54.5 Å². The van der Waals surface area contributed by atoms with Crippen molar-refractivity contribution in [2.24, 2.45) is 0 Å². The summed E-state index contributed by atoms with van der Waals surface area (Å²) in [7, 11) is -2.97. The standard InChI is InChI=1S/C20H29NO3S/c1-2-3-12-21(18-11-13-25(23,24)15-18)20(22)14-17-9-6-8-16-7-4-5-10-19(16)17/h4-5,7,10,17-18H,2-3,6,8-9,11-15H2,1H3. The van der Waals surface area contributed by atoms with E-state index in [0.717, 1.165) is 32.1 Å². The number of benzene rings is 1. The molecule has 138 valence electrons. The van der Waals surface area contributed by atoms with Crippen molar-refractivity contribution in [3.63, 3.8) is 0 Å². The lowest BCUT2D eigenvalue weighted by atomic mass is 9.81. The van der Waals surface area contributed by atoms with Crippen LogP contribution in [0.2, 0.25) is 0 Å². The van der Waals surface area contributed by atoms with Crippen LogP contribution in [0, 0.1) is 0 Å². The van der Waals surface area contributed by atoms with E-state index in [0.29, 0.717) is 19.4 Å². The predicted molar refractivity (Wildman–Crippen MR) is 100 cm³/mol. The first-order chi connectivity index (χ1) is 12.0. The molecule has 25 heavy (non-hydrogen) atoms. The van der Waals surface area contributed by atoms with Crippen LogP contribution in [0.15, 0.2) is 24.3 Å². The van der Waals surface area contributed by atoms with Gasteiger partial charge in [0.2, 0.25) is 5.91 Å². The zero-order valence-electron chi connectivity index (χ0n) is 15.1. The van der Waals surface area contributed by atoms with Crippen LogP contribution in [0.1, 0.15) is 62.5 Å². The van der Waals surface area contributed by atoms with Crippen molar-refractivity contribution in [1.82, 2.24) is 4.90 Å². The van der Waals surface area contributed by atoms with Crippen LogP contribution in [0.25, 0.3) is 0 Å². The Balaban J connectivity index is 1.73. The normalized spacial score (nSPS) is 24.7. The van der Waals surface area contributed by atoms with Crippen molar-refractivity contribution in [3.05, 3.63) is 35.4 Å². The van der Waals surface area contributed by atoms with Gasteiger partial charge < -0.3 is 4.90 Å². The molecule has 1 fully saturated rings. The monoisotopic (exact) mass is 363 g/mol. The first-order valence-electron chi connectivity index (χ1n) is 9.58. The minimum absolute atomic E-state index is 0.122. The number of amides is 1. The summed E-state index contributed by atoms with van der Waals surface area (Å²) < 4.78 is 23.7. The molecule has 0 saturated carbocycles. The molecule has 3 rings (SSSR count). The van der Waals surface area contributed by atoms with Crippen LogP contribution < -0.4 is 0 Å². The maximum Gasteiger partial charge on any atom is 0.223 e. The molecule has 4 nitrogen and oxygen atoms in total. The average molecular weight is 364 g/mol. The van der Waals surface area contributed by atoms with Gasteiger partial charge in [0.25, 0.3) is 0 Å². The number of rotatable bonds is 6. The van der Waals surface area contributed by atoms with Gasteiger partial charge in [-0.25, -0.2) is 8.42 Å². The highest BCUT2D eigenvalue weighted by Gasteiger charge is 2.35. The SMILES string of the molecule is CCCCN(C(=O)CC1CCCc2ccccc21)C1CCS(=O)(=O)C1. The molecular weight excluding hydrogens is 334 g/mol. The Morgan fingerprint density at radius 1 is 1.24 bits per heavy atom. The third-order valence-electron chi connectivity index (χ3n) is 5.64. The van der Waals surface area contributed by atoms with Crippen molar-refractivity contribution in [1.29, 1.82) is 0 Å². The molecule has 0 aromatic heterocycles.